The van der Waals surface area contributed by atoms with Gasteiger partial charge in [0.25, 0.3) is 0 Å². The van der Waals surface area contributed by atoms with E-state index >= 15 is 0 Å². The van der Waals surface area contributed by atoms with Crippen LogP contribution in [0.1, 0.15) is 20.8 Å². The molecule has 0 bridgehead atoms. The number of ketones is 1. The fourth-order valence-corrected chi connectivity index (χ4v) is 2.19. The molecule has 0 unspecified atom stereocenters. The molecule has 0 aromatic rings. The van der Waals surface area contributed by atoms with E-state index in [1.54, 1.807) is 0 Å². The minimum atomic E-state index is -0.488. The number of carbonyl (C=O) groups is 3. The molecule has 1 saturated heterocycles. The van der Waals surface area contributed by atoms with Crippen LogP contribution in [0, 0.1) is 5.41 Å². The molecule has 1 fully saturated rings. The summed E-state index contributed by atoms with van der Waals surface area (Å²) in [6, 6.07) is 0. The SMILES string of the molecule is CNC(=O)CN1C(=O)CS/C1=C/C(=O)C(C)(C)C. The van der Waals surface area contributed by atoms with Gasteiger partial charge < -0.3 is 5.32 Å². The number of thioether (sulfide) groups is 1. The van der Waals surface area contributed by atoms with E-state index < -0.39 is 5.41 Å². The summed E-state index contributed by atoms with van der Waals surface area (Å²) in [5.74, 6) is -0.168. The second-order valence-corrected chi connectivity index (χ2v) is 6.03. The molecule has 100 valence electrons. The average molecular weight is 270 g/mol. The first-order valence-corrected chi connectivity index (χ1v) is 6.64. The second kappa shape index (κ2) is 5.56. The molecule has 0 spiro atoms. The van der Waals surface area contributed by atoms with Crippen LogP contribution in [0.15, 0.2) is 11.1 Å². The van der Waals surface area contributed by atoms with Gasteiger partial charge in [0.05, 0.1) is 10.8 Å². The fraction of sp³-hybridized carbons (Fsp3) is 0.583. The van der Waals surface area contributed by atoms with Gasteiger partial charge in [-0.3, -0.25) is 19.3 Å². The average Bonchev–Trinajstić information content (AvgIpc) is 2.60. The Labute approximate surface area is 111 Å². The number of nitrogens with one attached hydrogen (secondary N) is 1. The topological polar surface area (TPSA) is 66.5 Å². The summed E-state index contributed by atoms with van der Waals surface area (Å²) >= 11 is 1.29. The van der Waals surface area contributed by atoms with E-state index in [2.05, 4.69) is 5.32 Å². The van der Waals surface area contributed by atoms with Gasteiger partial charge in [-0.1, -0.05) is 32.5 Å². The normalized spacial score (nSPS) is 18.3. The van der Waals surface area contributed by atoms with Gasteiger partial charge in [-0.15, -0.1) is 0 Å². The maximum Gasteiger partial charge on any atom is 0.239 e. The van der Waals surface area contributed by atoms with Crippen LogP contribution in [0.5, 0.6) is 0 Å². The fourth-order valence-electron chi connectivity index (χ4n) is 1.25. The van der Waals surface area contributed by atoms with Crippen LogP contribution in [0.3, 0.4) is 0 Å². The first kappa shape index (κ1) is 14.8. The number of allylic oxidation sites excluding steroid dienone is 1. The van der Waals surface area contributed by atoms with Crippen molar-refractivity contribution in [3.63, 3.8) is 0 Å². The molecule has 0 radical (unpaired) electrons. The van der Waals surface area contributed by atoms with Gasteiger partial charge in [0.15, 0.2) is 5.78 Å². The van der Waals surface area contributed by atoms with Crippen LogP contribution in [0.2, 0.25) is 0 Å². The van der Waals surface area contributed by atoms with Crippen LogP contribution in [-0.2, 0) is 14.4 Å². The van der Waals surface area contributed by atoms with Gasteiger partial charge in [-0.2, -0.15) is 0 Å². The molecule has 0 saturated carbocycles. The predicted molar refractivity (Wildman–Crippen MR) is 70.8 cm³/mol. The first-order valence-electron chi connectivity index (χ1n) is 5.65. The lowest BCUT2D eigenvalue weighted by atomic mass is 9.91. The number of hydrogen-bond donors (Lipinski definition) is 1. The summed E-state index contributed by atoms with van der Waals surface area (Å²) in [5.41, 5.74) is -0.488. The number of rotatable bonds is 3. The molecule has 6 heteroatoms. The largest absolute Gasteiger partial charge is 0.358 e. The van der Waals surface area contributed by atoms with Gasteiger partial charge in [0.2, 0.25) is 11.8 Å². The Balaban J connectivity index is 2.87. The monoisotopic (exact) mass is 270 g/mol. The summed E-state index contributed by atoms with van der Waals surface area (Å²) in [4.78, 5) is 36.2. The van der Waals surface area contributed by atoms with E-state index in [-0.39, 0.29) is 29.9 Å². The van der Waals surface area contributed by atoms with Crippen molar-refractivity contribution in [3.8, 4) is 0 Å². The van der Waals surface area contributed by atoms with Crippen molar-refractivity contribution in [1.29, 1.82) is 0 Å². The molecular formula is C12H18N2O3S. The van der Waals surface area contributed by atoms with Crippen LogP contribution in [0.4, 0.5) is 0 Å². The molecule has 5 nitrogen and oxygen atoms in total. The molecule has 1 rings (SSSR count). The van der Waals surface area contributed by atoms with Gasteiger partial charge in [-0.25, -0.2) is 0 Å². The lowest BCUT2D eigenvalue weighted by Crippen LogP contribution is -2.36. The Hall–Kier alpha value is -1.30. The molecule has 2 amide bonds. The van der Waals surface area contributed by atoms with Gasteiger partial charge in [0.1, 0.15) is 6.54 Å². The third kappa shape index (κ3) is 3.60. The zero-order valence-electron chi connectivity index (χ0n) is 11.1. The first-order chi connectivity index (χ1) is 8.25. The smallest absolute Gasteiger partial charge is 0.239 e. The van der Waals surface area contributed by atoms with Gasteiger partial charge >= 0.3 is 0 Å². The van der Waals surface area contributed by atoms with E-state index in [1.807, 2.05) is 20.8 Å². The van der Waals surface area contributed by atoms with Crippen molar-refractivity contribution >= 4 is 29.4 Å². The van der Waals surface area contributed by atoms with Crippen molar-refractivity contribution in [1.82, 2.24) is 10.2 Å². The lowest BCUT2D eigenvalue weighted by Gasteiger charge is -2.18. The third-order valence-corrected chi connectivity index (χ3v) is 3.51. The second-order valence-electron chi connectivity index (χ2n) is 5.04. The van der Waals surface area contributed by atoms with E-state index in [4.69, 9.17) is 0 Å². The number of nitrogens with zero attached hydrogens (tertiary/aromatic N) is 1. The molecule has 0 aromatic heterocycles. The molecule has 1 aliphatic heterocycles. The Kier molecular flexibility index (Phi) is 4.56. The molecular weight excluding hydrogens is 252 g/mol. The van der Waals surface area contributed by atoms with Crippen LogP contribution >= 0.6 is 11.8 Å². The van der Waals surface area contributed by atoms with Crippen LogP contribution < -0.4 is 5.32 Å². The zero-order valence-corrected chi connectivity index (χ0v) is 11.9. The summed E-state index contributed by atoms with van der Waals surface area (Å²) < 4.78 is 0. The van der Waals surface area contributed by atoms with Crippen LogP contribution in [-0.4, -0.2) is 41.8 Å². The summed E-state index contributed by atoms with van der Waals surface area (Å²) in [5, 5.41) is 3.02. The Morgan fingerprint density at radius 1 is 1.44 bits per heavy atom. The van der Waals surface area contributed by atoms with Crippen molar-refractivity contribution in [2.45, 2.75) is 20.8 Å². The third-order valence-electron chi connectivity index (χ3n) is 2.48. The zero-order chi connectivity index (χ0) is 13.9. The minimum absolute atomic E-state index is 0.0361. The Morgan fingerprint density at radius 2 is 2.06 bits per heavy atom. The van der Waals surface area contributed by atoms with Crippen molar-refractivity contribution in [2.75, 3.05) is 19.3 Å². The highest BCUT2D eigenvalue weighted by Gasteiger charge is 2.30. The standard InChI is InChI=1S/C12H18N2O3S/c1-12(2,3)8(15)5-11-14(6-9(16)13-4)10(17)7-18-11/h5H,6-7H2,1-4H3,(H,13,16)/b11-5+. The van der Waals surface area contributed by atoms with E-state index in [0.29, 0.717) is 5.03 Å². The number of carbonyl (C=O) groups excluding carboxylic acids is 3. The highest BCUT2D eigenvalue weighted by molar-refractivity contribution is 8.04. The minimum Gasteiger partial charge on any atom is -0.358 e. The number of amides is 2. The maximum atomic E-state index is 11.9. The molecule has 1 N–H and O–H groups in total. The predicted octanol–water partition coefficient (Wildman–Crippen LogP) is 0.764. The summed E-state index contributed by atoms with van der Waals surface area (Å²) in [6.07, 6.45) is 1.46. The molecule has 1 heterocycles. The highest BCUT2D eigenvalue weighted by atomic mass is 32.2. The number of hydrogen-bond acceptors (Lipinski definition) is 4. The van der Waals surface area contributed by atoms with Crippen molar-refractivity contribution in [2.24, 2.45) is 5.41 Å². The van der Waals surface area contributed by atoms with E-state index in [9.17, 15) is 14.4 Å². The molecule has 1 aliphatic rings. The molecule has 0 aromatic carbocycles. The molecule has 0 aliphatic carbocycles. The molecule has 18 heavy (non-hydrogen) atoms. The Bertz CT molecular complexity index is 410. The number of likely N-dealkylation sites (N-methyl/N-ethyl adjacent to an activating group) is 1. The summed E-state index contributed by atoms with van der Waals surface area (Å²) in [6.45, 7) is 5.41. The maximum absolute atomic E-state index is 11.9. The summed E-state index contributed by atoms with van der Waals surface area (Å²) in [7, 11) is 1.51. The van der Waals surface area contributed by atoms with E-state index in [0.717, 1.165) is 0 Å². The van der Waals surface area contributed by atoms with Crippen LogP contribution in [0.25, 0.3) is 0 Å². The molecule has 0 atom stereocenters. The van der Waals surface area contributed by atoms with E-state index in [1.165, 1.54) is 29.8 Å². The highest BCUT2D eigenvalue weighted by Crippen LogP contribution is 2.30. The quantitative estimate of drug-likeness (QED) is 0.769. The van der Waals surface area contributed by atoms with Crippen molar-refractivity contribution in [3.05, 3.63) is 11.1 Å². The lowest BCUT2D eigenvalue weighted by molar-refractivity contribution is -0.131. The Morgan fingerprint density at radius 3 is 2.56 bits per heavy atom. The van der Waals surface area contributed by atoms with Gasteiger partial charge in [0, 0.05) is 18.5 Å². The van der Waals surface area contributed by atoms with Gasteiger partial charge in [-0.05, 0) is 0 Å². The van der Waals surface area contributed by atoms with Crippen molar-refractivity contribution < 1.29 is 14.4 Å².